The van der Waals surface area contributed by atoms with Crippen molar-refractivity contribution in [2.75, 3.05) is 16.8 Å². The van der Waals surface area contributed by atoms with Gasteiger partial charge in [-0.3, -0.25) is 14.9 Å². The number of amides is 2. The van der Waals surface area contributed by atoms with E-state index in [0.29, 0.717) is 5.56 Å². The highest BCUT2D eigenvalue weighted by molar-refractivity contribution is 7.80. The van der Waals surface area contributed by atoms with E-state index in [9.17, 15) is 14.0 Å². The van der Waals surface area contributed by atoms with Crippen molar-refractivity contribution in [2.45, 2.75) is 26.3 Å². The van der Waals surface area contributed by atoms with Gasteiger partial charge in [0.1, 0.15) is 11.4 Å². The summed E-state index contributed by atoms with van der Waals surface area (Å²) in [6.07, 6.45) is 3.70. The number of likely N-dealkylation sites (N-methyl/N-ethyl adjacent to an activating group) is 1. The maximum absolute atomic E-state index is 14.3. The molecule has 2 aliphatic rings. The number of thiocarbonyl (C=S) groups is 1. The summed E-state index contributed by atoms with van der Waals surface area (Å²) >= 11 is 5.14. The number of hydrogen-bond donors (Lipinski definition) is 1. The highest BCUT2D eigenvalue weighted by Gasteiger charge is 2.36. The molecule has 0 bridgehead atoms. The third-order valence-electron chi connectivity index (χ3n) is 5.75. The van der Waals surface area contributed by atoms with E-state index in [1.54, 1.807) is 6.07 Å². The maximum atomic E-state index is 14.3. The Hall–Kier alpha value is -3.32. The van der Waals surface area contributed by atoms with Crippen LogP contribution < -0.4 is 15.1 Å². The molecule has 1 saturated heterocycles. The summed E-state index contributed by atoms with van der Waals surface area (Å²) in [6, 6.07) is 11.6. The van der Waals surface area contributed by atoms with E-state index in [2.05, 4.69) is 30.1 Å². The average molecular weight is 436 g/mol. The Kier molecular flexibility index (Phi) is 5.01. The topological polar surface area (TPSA) is 52.7 Å². The number of nitrogens with zero attached hydrogens (tertiary/aromatic N) is 2. The zero-order chi connectivity index (χ0) is 22.5. The molecule has 0 spiro atoms. The van der Waals surface area contributed by atoms with Gasteiger partial charge in [-0.25, -0.2) is 9.29 Å². The first-order valence-corrected chi connectivity index (χ1v) is 10.2. The van der Waals surface area contributed by atoms with Gasteiger partial charge in [-0.05, 0) is 74.5 Å². The number of hydrogen-bond acceptors (Lipinski definition) is 4. The number of nitrogens with one attached hydrogen (secondary N) is 1. The van der Waals surface area contributed by atoms with Gasteiger partial charge >= 0.3 is 0 Å². The molecule has 2 heterocycles. The van der Waals surface area contributed by atoms with Crippen LogP contribution in [0.25, 0.3) is 11.6 Å². The monoisotopic (exact) mass is 435 g/mol. The summed E-state index contributed by atoms with van der Waals surface area (Å²) in [7, 11) is 2.03. The summed E-state index contributed by atoms with van der Waals surface area (Å²) in [5.41, 5.74) is 3.68. The molecule has 0 aliphatic carbocycles. The lowest BCUT2D eigenvalue weighted by atomic mass is 9.88. The smallest absolute Gasteiger partial charge is 0.270 e. The van der Waals surface area contributed by atoms with Gasteiger partial charge in [0, 0.05) is 18.3 Å². The van der Waals surface area contributed by atoms with E-state index >= 15 is 0 Å². The van der Waals surface area contributed by atoms with Crippen LogP contribution in [0.2, 0.25) is 0 Å². The Morgan fingerprint density at radius 1 is 1.10 bits per heavy atom. The fourth-order valence-corrected chi connectivity index (χ4v) is 4.22. The van der Waals surface area contributed by atoms with Crippen LogP contribution in [0, 0.1) is 5.82 Å². The second-order valence-corrected chi connectivity index (χ2v) is 8.61. The maximum Gasteiger partial charge on any atom is 0.270 e. The number of fused-ring (bicyclic) bond motifs is 1. The normalized spacial score (nSPS) is 19.3. The average Bonchev–Trinajstić information content (AvgIpc) is 2.70. The number of rotatable bonds is 2. The number of carbonyl (C=O) groups is 2. The highest BCUT2D eigenvalue weighted by atomic mass is 32.1. The van der Waals surface area contributed by atoms with Gasteiger partial charge in [-0.1, -0.05) is 24.3 Å². The van der Waals surface area contributed by atoms with E-state index < -0.39 is 17.6 Å². The van der Waals surface area contributed by atoms with E-state index in [0.717, 1.165) is 21.7 Å². The lowest BCUT2D eigenvalue weighted by Crippen LogP contribution is -2.54. The van der Waals surface area contributed by atoms with Crippen molar-refractivity contribution in [3.63, 3.8) is 0 Å². The Morgan fingerprint density at radius 2 is 1.81 bits per heavy atom. The van der Waals surface area contributed by atoms with E-state index in [1.807, 2.05) is 32.2 Å². The number of carbonyl (C=O) groups excluding carboxylic acids is 2. The molecule has 4 rings (SSSR count). The van der Waals surface area contributed by atoms with Crippen LogP contribution in [0.3, 0.4) is 0 Å². The summed E-state index contributed by atoms with van der Waals surface area (Å²) in [5.74, 6) is -1.87. The number of allylic oxidation sites excluding steroid dienone is 1. The van der Waals surface area contributed by atoms with Crippen molar-refractivity contribution < 1.29 is 14.0 Å². The van der Waals surface area contributed by atoms with Gasteiger partial charge in [-0.2, -0.15) is 0 Å². The van der Waals surface area contributed by atoms with Gasteiger partial charge in [0.05, 0.1) is 11.2 Å². The molecule has 2 aliphatic heterocycles. The largest absolute Gasteiger partial charge is 0.366 e. The Morgan fingerprint density at radius 3 is 2.52 bits per heavy atom. The van der Waals surface area contributed by atoms with Crippen LogP contribution in [0.1, 0.15) is 31.9 Å². The molecule has 2 aromatic carbocycles. The third-order valence-corrected chi connectivity index (χ3v) is 6.03. The minimum atomic E-state index is -0.665. The van der Waals surface area contributed by atoms with Gasteiger partial charge in [-0.15, -0.1) is 0 Å². The second-order valence-electron chi connectivity index (χ2n) is 8.23. The van der Waals surface area contributed by atoms with Crippen molar-refractivity contribution in [3.05, 3.63) is 71.1 Å². The number of benzene rings is 2. The molecule has 158 valence electrons. The zero-order valence-corrected chi connectivity index (χ0v) is 18.5. The first kappa shape index (κ1) is 20.9. The quantitative estimate of drug-likeness (QED) is 0.434. The van der Waals surface area contributed by atoms with Crippen LogP contribution in [0.15, 0.2) is 54.1 Å². The van der Waals surface area contributed by atoms with Crippen LogP contribution in [0.5, 0.6) is 0 Å². The van der Waals surface area contributed by atoms with E-state index in [-0.39, 0.29) is 21.9 Å². The summed E-state index contributed by atoms with van der Waals surface area (Å²) < 4.78 is 14.3. The summed E-state index contributed by atoms with van der Waals surface area (Å²) in [5, 5.41) is 2.34. The molecule has 5 nitrogen and oxygen atoms in total. The molecular weight excluding hydrogens is 413 g/mol. The molecule has 7 heteroatoms. The molecule has 0 atom stereocenters. The fourth-order valence-electron chi connectivity index (χ4n) is 3.94. The molecule has 2 aromatic rings. The van der Waals surface area contributed by atoms with E-state index in [1.165, 1.54) is 24.3 Å². The van der Waals surface area contributed by atoms with Crippen LogP contribution in [-0.2, 0) is 9.59 Å². The summed E-state index contributed by atoms with van der Waals surface area (Å²) in [6.45, 7) is 6.32. The minimum absolute atomic E-state index is 0.00326. The van der Waals surface area contributed by atoms with Crippen molar-refractivity contribution in [3.8, 4) is 0 Å². The Bertz CT molecular complexity index is 1200. The summed E-state index contributed by atoms with van der Waals surface area (Å²) in [4.78, 5) is 28.9. The fraction of sp³-hybridized carbons (Fsp3) is 0.208. The lowest BCUT2D eigenvalue weighted by molar-refractivity contribution is -0.122. The number of halogens is 1. The molecule has 31 heavy (non-hydrogen) atoms. The molecule has 1 fully saturated rings. The standard InChI is InChI=1S/C24H22FN3O2S/c1-14-13-24(2,3)27(4)19-10-9-15(11-16(14)19)12-17-21(29)26-23(31)28(22(17)30)20-8-6-5-7-18(20)25/h5-13H,1-4H3,(H,26,29,31)/b17-12+. The predicted molar refractivity (Wildman–Crippen MR) is 125 cm³/mol. The molecule has 0 aromatic heterocycles. The molecule has 0 radical (unpaired) electrons. The molecular formula is C24H22FN3O2S. The number of para-hydroxylation sites is 1. The molecule has 0 saturated carbocycles. The van der Waals surface area contributed by atoms with Gasteiger partial charge < -0.3 is 4.90 Å². The van der Waals surface area contributed by atoms with Gasteiger partial charge in [0.15, 0.2) is 5.11 Å². The highest BCUT2D eigenvalue weighted by Crippen LogP contribution is 2.38. The van der Waals surface area contributed by atoms with Gasteiger partial charge in [0.2, 0.25) is 0 Å². The second kappa shape index (κ2) is 7.42. The Balaban J connectivity index is 1.76. The van der Waals surface area contributed by atoms with Crippen molar-refractivity contribution in [1.29, 1.82) is 0 Å². The SMILES string of the molecule is CC1=CC(C)(C)N(C)c2ccc(/C=C3\C(=O)NC(=S)N(c4ccccc4F)C3=O)cc21. The first-order valence-electron chi connectivity index (χ1n) is 9.84. The van der Waals surface area contributed by atoms with E-state index in [4.69, 9.17) is 12.2 Å². The lowest BCUT2D eigenvalue weighted by Gasteiger charge is -2.40. The van der Waals surface area contributed by atoms with Crippen LogP contribution >= 0.6 is 12.2 Å². The first-order chi connectivity index (χ1) is 14.6. The third kappa shape index (κ3) is 3.55. The van der Waals surface area contributed by atoms with Crippen LogP contribution in [0.4, 0.5) is 15.8 Å². The molecule has 0 unspecified atom stereocenters. The minimum Gasteiger partial charge on any atom is -0.366 e. The van der Waals surface area contributed by atoms with Crippen molar-refractivity contribution in [1.82, 2.24) is 5.32 Å². The molecule has 2 amide bonds. The van der Waals surface area contributed by atoms with Crippen molar-refractivity contribution >= 4 is 52.2 Å². The zero-order valence-electron chi connectivity index (χ0n) is 17.7. The Labute approximate surface area is 185 Å². The molecule has 1 N–H and O–H groups in total. The van der Waals surface area contributed by atoms with Gasteiger partial charge in [0.25, 0.3) is 11.8 Å². The van der Waals surface area contributed by atoms with Crippen molar-refractivity contribution in [2.24, 2.45) is 0 Å². The predicted octanol–water partition coefficient (Wildman–Crippen LogP) is 4.29. The van der Waals surface area contributed by atoms with Crippen LogP contribution in [-0.4, -0.2) is 29.5 Å². The number of anilines is 2.